The van der Waals surface area contributed by atoms with E-state index in [4.69, 9.17) is 11.5 Å². The van der Waals surface area contributed by atoms with Crippen molar-refractivity contribution in [2.45, 2.75) is 51.2 Å². The zero-order valence-electron chi connectivity index (χ0n) is 16.9. The minimum Gasteiger partial charge on any atom is -0.364 e. The highest BCUT2D eigenvalue weighted by atomic mass is 16.1. The van der Waals surface area contributed by atoms with E-state index in [0.29, 0.717) is 17.5 Å². The molecule has 9 nitrogen and oxygen atoms in total. The van der Waals surface area contributed by atoms with E-state index in [1.807, 2.05) is 24.5 Å². The maximum atomic E-state index is 12.1. The lowest BCUT2D eigenvalue weighted by atomic mass is 9.91. The molecule has 0 aliphatic heterocycles. The topological polar surface area (TPSA) is 129 Å². The molecule has 9 heteroatoms. The van der Waals surface area contributed by atoms with Crippen molar-refractivity contribution in [1.82, 2.24) is 19.1 Å². The van der Waals surface area contributed by atoms with Gasteiger partial charge in [-0.05, 0) is 38.0 Å². The Balaban J connectivity index is 1.65. The van der Waals surface area contributed by atoms with Crippen molar-refractivity contribution >= 4 is 34.4 Å². The summed E-state index contributed by atoms with van der Waals surface area (Å²) in [4.78, 5) is 21.1. The Bertz CT molecular complexity index is 1040. The van der Waals surface area contributed by atoms with Crippen LogP contribution in [-0.2, 0) is 13.6 Å². The summed E-state index contributed by atoms with van der Waals surface area (Å²) in [7, 11) is 1.78. The zero-order valence-corrected chi connectivity index (χ0v) is 16.9. The molecule has 0 radical (unpaired) electrons. The van der Waals surface area contributed by atoms with Crippen LogP contribution in [0.25, 0.3) is 11.0 Å². The van der Waals surface area contributed by atoms with Crippen molar-refractivity contribution in [1.29, 1.82) is 0 Å². The van der Waals surface area contributed by atoms with Crippen molar-refractivity contribution in [3.63, 3.8) is 0 Å². The Morgan fingerprint density at radius 1 is 1.31 bits per heavy atom. The van der Waals surface area contributed by atoms with E-state index in [1.54, 1.807) is 11.6 Å². The first-order valence-corrected chi connectivity index (χ1v) is 10.1. The molecule has 0 saturated heterocycles. The maximum Gasteiger partial charge on any atom is 0.269 e. The Morgan fingerprint density at radius 2 is 2.10 bits per heavy atom. The van der Waals surface area contributed by atoms with Crippen LogP contribution < -0.4 is 22.1 Å². The molecule has 6 N–H and O–H groups in total. The van der Waals surface area contributed by atoms with Gasteiger partial charge in [0.15, 0.2) is 11.5 Å². The number of rotatable bonds is 6. The quantitative estimate of drug-likeness (QED) is 0.506. The van der Waals surface area contributed by atoms with Crippen molar-refractivity contribution < 1.29 is 4.79 Å². The number of nitrogens with one attached hydrogen (secondary N) is 2. The molecule has 1 saturated carbocycles. The van der Waals surface area contributed by atoms with Gasteiger partial charge in [0.1, 0.15) is 0 Å². The number of anilines is 3. The van der Waals surface area contributed by atoms with E-state index >= 15 is 0 Å². The van der Waals surface area contributed by atoms with Gasteiger partial charge in [-0.3, -0.25) is 4.79 Å². The second kappa shape index (κ2) is 7.75. The van der Waals surface area contributed by atoms with Gasteiger partial charge in [0.25, 0.3) is 5.91 Å². The molecule has 0 spiro atoms. The summed E-state index contributed by atoms with van der Waals surface area (Å²) in [6.45, 7) is 2.89. The van der Waals surface area contributed by atoms with Crippen molar-refractivity contribution in [2.24, 2.45) is 18.5 Å². The molecular formula is C20H28N8O. The third-order valence-electron chi connectivity index (χ3n) is 5.69. The number of hydrogen-bond acceptors (Lipinski definition) is 6. The Kier molecular flexibility index (Phi) is 5.14. The van der Waals surface area contributed by atoms with Gasteiger partial charge in [0.2, 0.25) is 5.95 Å². The molecule has 1 aromatic carbocycles. The number of benzene rings is 1. The molecule has 0 unspecified atom stereocenters. The summed E-state index contributed by atoms with van der Waals surface area (Å²) in [5.74, 6) is 0.472. The van der Waals surface area contributed by atoms with Gasteiger partial charge < -0.3 is 31.2 Å². The van der Waals surface area contributed by atoms with Crippen LogP contribution in [-0.4, -0.2) is 37.1 Å². The molecule has 0 bridgehead atoms. The summed E-state index contributed by atoms with van der Waals surface area (Å²) in [5, 5.41) is 6.66. The van der Waals surface area contributed by atoms with Crippen molar-refractivity contribution in [3.05, 3.63) is 30.2 Å². The molecule has 29 heavy (non-hydrogen) atoms. The molecule has 1 amide bonds. The summed E-state index contributed by atoms with van der Waals surface area (Å²) < 4.78 is 3.76. The number of fused-ring (bicyclic) bond motifs is 1. The zero-order chi connectivity index (χ0) is 20.5. The average molecular weight is 396 g/mol. The van der Waals surface area contributed by atoms with Gasteiger partial charge in [-0.25, -0.2) is 4.98 Å². The lowest BCUT2D eigenvalue weighted by molar-refractivity contribution is 0.0993. The molecule has 1 aliphatic rings. The smallest absolute Gasteiger partial charge is 0.269 e. The van der Waals surface area contributed by atoms with Crippen molar-refractivity contribution in [3.8, 4) is 0 Å². The number of nitrogens with zero attached hydrogens (tertiary/aromatic N) is 4. The highest BCUT2D eigenvalue weighted by Crippen LogP contribution is 2.27. The Hall–Kier alpha value is -3.07. The van der Waals surface area contributed by atoms with Crippen molar-refractivity contribution in [2.75, 3.05) is 10.6 Å². The van der Waals surface area contributed by atoms with Crippen LogP contribution in [0, 0.1) is 0 Å². The largest absolute Gasteiger partial charge is 0.364 e. The lowest BCUT2D eigenvalue weighted by Gasteiger charge is -2.29. The SMILES string of the molecule is CCn1cnc2ccc(Nc3nc(N[C@@H]4CCCC[C@@H]4N)n(C)c3C(N)=O)cc21. The van der Waals surface area contributed by atoms with Crippen LogP contribution in [0.15, 0.2) is 24.5 Å². The van der Waals surface area contributed by atoms with Crippen LogP contribution in [0.3, 0.4) is 0 Å². The van der Waals surface area contributed by atoms with E-state index in [1.165, 1.54) is 0 Å². The van der Waals surface area contributed by atoms with E-state index < -0.39 is 5.91 Å². The monoisotopic (exact) mass is 396 g/mol. The predicted octanol–water partition coefficient (Wildman–Crippen LogP) is 2.31. The van der Waals surface area contributed by atoms with E-state index in [9.17, 15) is 4.79 Å². The van der Waals surface area contributed by atoms with Gasteiger partial charge in [-0.15, -0.1) is 0 Å². The summed E-state index contributed by atoms with van der Waals surface area (Å²) >= 11 is 0. The number of carbonyl (C=O) groups excluding carboxylic acids is 1. The molecule has 3 aromatic rings. The highest BCUT2D eigenvalue weighted by molar-refractivity contribution is 5.97. The molecule has 1 aliphatic carbocycles. The van der Waals surface area contributed by atoms with Gasteiger partial charge in [0.05, 0.1) is 17.4 Å². The lowest BCUT2D eigenvalue weighted by Crippen LogP contribution is -2.43. The molecule has 154 valence electrons. The van der Waals surface area contributed by atoms with Crippen LogP contribution in [0.2, 0.25) is 0 Å². The summed E-state index contributed by atoms with van der Waals surface area (Å²) in [5.41, 5.74) is 15.0. The molecule has 4 rings (SSSR count). The number of hydrogen-bond donors (Lipinski definition) is 4. The number of aromatic nitrogens is 4. The third kappa shape index (κ3) is 3.65. The highest BCUT2D eigenvalue weighted by Gasteiger charge is 2.25. The molecule has 2 aromatic heterocycles. The predicted molar refractivity (Wildman–Crippen MR) is 114 cm³/mol. The van der Waals surface area contributed by atoms with Gasteiger partial charge in [-0.1, -0.05) is 12.8 Å². The van der Waals surface area contributed by atoms with Gasteiger partial charge in [-0.2, -0.15) is 4.98 Å². The van der Waals surface area contributed by atoms with E-state index in [2.05, 4.69) is 32.1 Å². The average Bonchev–Trinajstić information content (AvgIpc) is 3.24. The molecule has 2 heterocycles. The molecule has 1 fully saturated rings. The fourth-order valence-electron chi connectivity index (χ4n) is 4.02. The maximum absolute atomic E-state index is 12.1. The standard InChI is InChI=1S/C20H28N8O/c1-3-28-11-23-15-9-8-12(10-16(15)28)24-19-17(18(22)29)27(2)20(26-19)25-14-7-5-4-6-13(14)21/h8-11,13-14,24H,3-7,21H2,1-2H3,(H2,22,29)(H,25,26)/t13-,14+/m0/s1. The van der Waals surface area contributed by atoms with Crippen LogP contribution in [0.4, 0.5) is 17.5 Å². The third-order valence-corrected chi connectivity index (χ3v) is 5.69. The molecule has 2 atom stereocenters. The van der Waals surface area contributed by atoms with E-state index in [-0.39, 0.29) is 12.1 Å². The Labute approximate surface area is 169 Å². The first-order chi connectivity index (χ1) is 14.0. The fraction of sp³-hybridized carbons (Fsp3) is 0.450. The van der Waals surface area contributed by atoms with Crippen LogP contribution >= 0.6 is 0 Å². The first-order valence-electron chi connectivity index (χ1n) is 10.1. The fourth-order valence-corrected chi connectivity index (χ4v) is 4.02. The van der Waals surface area contributed by atoms with E-state index in [0.717, 1.165) is 48.9 Å². The second-order valence-electron chi connectivity index (χ2n) is 7.61. The Morgan fingerprint density at radius 3 is 2.83 bits per heavy atom. The number of primary amides is 1. The second-order valence-corrected chi connectivity index (χ2v) is 7.61. The van der Waals surface area contributed by atoms with Crippen LogP contribution in [0.1, 0.15) is 43.1 Å². The van der Waals surface area contributed by atoms with Gasteiger partial charge in [0, 0.05) is 31.4 Å². The minimum atomic E-state index is -0.539. The van der Waals surface area contributed by atoms with Crippen LogP contribution in [0.5, 0.6) is 0 Å². The normalized spacial score (nSPS) is 19.4. The number of nitrogens with two attached hydrogens (primary N) is 2. The minimum absolute atomic E-state index is 0.0747. The first kappa shape index (κ1) is 19.3. The number of imidazole rings is 2. The summed E-state index contributed by atoms with van der Waals surface area (Å²) in [6.07, 6.45) is 6.08. The molecular weight excluding hydrogens is 368 g/mol. The number of carbonyl (C=O) groups is 1. The number of amides is 1. The van der Waals surface area contributed by atoms with Gasteiger partial charge >= 0.3 is 0 Å². The summed E-state index contributed by atoms with van der Waals surface area (Å²) in [6, 6.07) is 6.06. The number of aryl methyl sites for hydroxylation is 1.